The SMILES string of the molecule is CCCC(C)CCCCCCCCCCCCCO. The van der Waals surface area contributed by atoms with Crippen molar-refractivity contribution in [2.75, 3.05) is 6.61 Å². The van der Waals surface area contributed by atoms with Crippen molar-refractivity contribution in [1.29, 1.82) is 0 Å². The Morgan fingerprint density at radius 2 is 1.05 bits per heavy atom. The van der Waals surface area contributed by atoms with E-state index in [-0.39, 0.29) is 0 Å². The van der Waals surface area contributed by atoms with Gasteiger partial charge in [-0.05, 0) is 12.3 Å². The van der Waals surface area contributed by atoms with E-state index in [1.165, 1.54) is 83.5 Å². The zero-order valence-corrected chi connectivity index (χ0v) is 13.6. The first-order chi connectivity index (χ1) is 9.31. The van der Waals surface area contributed by atoms with Gasteiger partial charge < -0.3 is 5.11 Å². The minimum absolute atomic E-state index is 0.372. The van der Waals surface area contributed by atoms with Crippen molar-refractivity contribution in [2.45, 2.75) is 104 Å². The number of aliphatic hydroxyl groups excluding tert-OH is 1. The average molecular weight is 271 g/mol. The molecule has 19 heavy (non-hydrogen) atoms. The Morgan fingerprint density at radius 1 is 0.632 bits per heavy atom. The van der Waals surface area contributed by atoms with E-state index in [0.29, 0.717) is 6.61 Å². The van der Waals surface area contributed by atoms with Crippen LogP contribution >= 0.6 is 0 Å². The van der Waals surface area contributed by atoms with Gasteiger partial charge in [-0.3, -0.25) is 0 Å². The summed E-state index contributed by atoms with van der Waals surface area (Å²) < 4.78 is 0. The molecule has 0 saturated heterocycles. The summed E-state index contributed by atoms with van der Waals surface area (Å²) in [4.78, 5) is 0. The van der Waals surface area contributed by atoms with Crippen molar-refractivity contribution < 1.29 is 5.11 Å². The van der Waals surface area contributed by atoms with Crippen molar-refractivity contribution >= 4 is 0 Å². The van der Waals surface area contributed by atoms with Gasteiger partial charge in [0.15, 0.2) is 0 Å². The number of unbranched alkanes of at least 4 members (excludes halogenated alkanes) is 10. The lowest BCUT2D eigenvalue weighted by Crippen LogP contribution is -1.93. The van der Waals surface area contributed by atoms with Gasteiger partial charge in [0.25, 0.3) is 0 Å². The highest BCUT2D eigenvalue weighted by atomic mass is 16.2. The lowest BCUT2D eigenvalue weighted by atomic mass is 9.98. The van der Waals surface area contributed by atoms with Crippen LogP contribution in [-0.4, -0.2) is 11.7 Å². The molecular weight excluding hydrogens is 232 g/mol. The van der Waals surface area contributed by atoms with E-state index >= 15 is 0 Å². The average Bonchev–Trinajstić information content (AvgIpc) is 2.40. The monoisotopic (exact) mass is 270 g/mol. The number of hydrogen-bond donors (Lipinski definition) is 1. The van der Waals surface area contributed by atoms with Crippen LogP contribution in [0.1, 0.15) is 104 Å². The van der Waals surface area contributed by atoms with Crippen LogP contribution < -0.4 is 0 Å². The lowest BCUT2D eigenvalue weighted by Gasteiger charge is -2.09. The highest BCUT2D eigenvalue weighted by Gasteiger charge is 1.99. The maximum absolute atomic E-state index is 8.67. The Bertz CT molecular complexity index is 156. The molecule has 0 fully saturated rings. The first kappa shape index (κ1) is 19.0. The minimum Gasteiger partial charge on any atom is -0.396 e. The molecule has 0 aromatic rings. The summed E-state index contributed by atoms with van der Waals surface area (Å²) in [5.74, 6) is 0.948. The van der Waals surface area contributed by atoms with Gasteiger partial charge in [0, 0.05) is 6.61 Å². The molecule has 0 bridgehead atoms. The van der Waals surface area contributed by atoms with Crippen molar-refractivity contribution in [3.8, 4) is 0 Å². The summed E-state index contributed by atoms with van der Waals surface area (Å²) in [6.45, 7) is 5.07. The molecule has 0 amide bonds. The second-order valence-corrected chi connectivity index (χ2v) is 6.30. The molecule has 1 atom stereocenters. The van der Waals surface area contributed by atoms with Crippen molar-refractivity contribution in [1.82, 2.24) is 0 Å². The quantitative estimate of drug-likeness (QED) is 0.357. The highest BCUT2D eigenvalue weighted by Crippen LogP contribution is 2.16. The van der Waals surface area contributed by atoms with Gasteiger partial charge in [0.05, 0.1) is 0 Å². The Morgan fingerprint density at radius 3 is 1.47 bits per heavy atom. The third-order valence-electron chi connectivity index (χ3n) is 4.14. The zero-order valence-electron chi connectivity index (χ0n) is 13.6. The summed E-state index contributed by atoms with van der Waals surface area (Å²) in [5.41, 5.74) is 0. The third kappa shape index (κ3) is 15.9. The van der Waals surface area contributed by atoms with Crippen LogP contribution in [0.15, 0.2) is 0 Å². The van der Waals surface area contributed by atoms with E-state index in [2.05, 4.69) is 13.8 Å². The summed E-state index contributed by atoms with van der Waals surface area (Å²) in [7, 11) is 0. The van der Waals surface area contributed by atoms with Crippen molar-refractivity contribution in [2.24, 2.45) is 5.92 Å². The van der Waals surface area contributed by atoms with Gasteiger partial charge in [-0.2, -0.15) is 0 Å². The van der Waals surface area contributed by atoms with Gasteiger partial charge in [0.1, 0.15) is 0 Å². The van der Waals surface area contributed by atoms with E-state index in [9.17, 15) is 0 Å². The molecule has 116 valence electrons. The molecule has 0 spiro atoms. The molecule has 0 aliphatic carbocycles. The van der Waals surface area contributed by atoms with Gasteiger partial charge >= 0.3 is 0 Å². The second kappa shape index (κ2) is 16.0. The minimum atomic E-state index is 0.372. The molecule has 0 aliphatic rings. The molecule has 0 saturated carbocycles. The molecular formula is C18H38O. The second-order valence-electron chi connectivity index (χ2n) is 6.30. The van der Waals surface area contributed by atoms with Crippen LogP contribution in [0, 0.1) is 5.92 Å². The van der Waals surface area contributed by atoms with E-state index in [4.69, 9.17) is 5.11 Å². The molecule has 1 unspecified atom stereocenters. The van der Waals surface area contributed by atoms with Crippen LogP contribution in [0.5, 0.6) is 0 Å². The van der Waals surface area contributed by atoms with Gasteiger partial charge in [-0.15, -0.1) is 0 Å². The molecule has 1 N–H and O–H groups in total. The molecule has 0 heterocycles. The number of rotatable bonds is 15. The van der Waals surface area contributed by atoms with Crippen LogP contribution in [0.25, 0.3) is 0 Å². The molecule has 0 aliphatic heterocycles. The van der Waals surface area contributed by atoms with Crippen molar-refractivity contribution in [3.63, 3.8) is 0 Å². The number of aliphatic hydroxyl groups is 1. The predicted octanol–water partition coefficient (Wildman–Crippen LogP) is 6.10. The van der Waals surface area contributed by atoms with E-state index in [0.717, 1.165) is 12.3 Å². The maximum atomic E-state index is 8.67. The van der Waals surface area contributed by atoms with Crippen LogP contribution in [-0.2, 0) is 0 Å². The Balaban J connectivity index is 2.99. The summed E-state index contributed by atoms with van der Waals surface area (Å²) in [6.07, 6.45) is 19.1. The summed E-state index contributed by atoms with van der Waals surface area (Å²) >= 11 is 0. The molecule has 0 radical (unpaired) electrons. The van der Waals surface area contributed by atoms with Gasteiger partial charge in [0.2, 0.25) is 0 Å². The summed E-state index contributed by atoms with van der Waals surface area (Å²) in [5, 5.41) is 8.67. The van der Waals surface area contributed by atoms with E-state index < -0.39 is 0 Å². The fraction of sp³-hybridized carbons (Fsp3) is 1.00. The van der Waals surface area contributed by atoms with Gasteiger partial charge in [-0.25, -0.2) is 0 Å². The van der Waals surface area contributed by atoms with Crippen LogP contribution in [0.3, 0.4) is 0 Å². The van der Waals surface area contributed by atoms with E-state index in [1.54, 1.807) is 0 Å². The standard InChI is InChI=1S/C18H38O/c1-3-15-18(2)16-13-11-9-7-5-4-6-8-10-12-14-17-19/h18-19H,3-17H2,1-2H3. The Kier molecular flexibility index (Phi) is 16.0. The maximum Gasteiger partial charge on any atom is 0.0431 e. The smallest absolute Gasteiger partial charge is 0.0431 e. The van der Waals surface area contributed by atoms with Gasteiger partial charge in [-0.1, -0.05) is 97.3 Å². The Labute approximate surface area is 122 Å². The van der Waals surface area contributed by atoms with E-state index in [1.807, 2.05) is 0 Å². The molecule has 0 rings (SSSR count). The van der Waals surface area contributed by atoms with Crippen LogP contribution in [0.4, 0.5) is 0 Å². The number of hydrogen-bond acceptors (Lipinski definition) is 1. The largest absolute Gasteiger partial charge is 0.396 e. The topological polar surface area (TPSA) is 20.2 Å². The fourth-order valence-corrected chi connectivity index (χ4v) is 2.83. The third-order valence-corrected chi connectivity index (χ3v) is 4.14. The first-order valence-electron chi connectivity index (χ1n) is 8.92. The van der Waals surface area contributed by atoms with Crippen LogP contribution in [0.2, 0.25) is 0 Å². The molecule has 1 nitrogen and oxygen atoms in total. The highest BCUT2D eigenvalue weighted by molar-refractivity contribution is 4.53. The zero-order chi connectivity index (χ0) is 14.2. The summed E-state index contributed by atoms with van der Waals surface area (Å²) in [6, 6.07) is 0. The first-order valence-corrected chi connectivity index (χ1v) is 8.92. The molecule has 1 heteroatoms. The fourth-order valence-electron chi connectivity index (χ4n) is 2.83. The predicted molar refractivity (Wildman–Crippen MR) is 86.6 cm³/mol. The van der Waals surface area contributed by atoms with Crippen molar-refractivity contribution in [3.05, 3.63) is 0 Å². The Hall–Kier alpha value is -0.0400. The lowest BCUT2D eigenvalue weighted by molar-refractivity contribution is 0.282. The normalized spacial score (nSPS) is 12.8. The molecule has 0 aromatic heterocycles. The molecule has 0 aromatic carbocycles.